The van der Waals surface area contributed by atoms with Crippen molar-refractivity contribution in [2.24, 2.45) is 5.92 Å². The third-order valence-corrected chi connectivity index (χ3v) is 5.31. The second-order valence-corrected chi connectivity index (χ2v) is 6.09. The number of aliphatic hydroxyl groups excluding tert-OH is 1. The van der Waals surface area contributed by atoms with Crippen LogP contribution in [0.15, 0.2) is 0 Å². The fraction of sp³-hybridized carbons (Fsp3) is 1.00. The Labute approximate surface area is 80.1 Å². The summed E-state index contributed by atoms with van der Waals surface area (Å²) in [5.74, 6) is 0.263. The minimum atomic E-state index is -2.91. The van der Waals surface area contributed by atoms with Crippen LogP contribution in [-0.2, 0) is 9.84 Å². The summed E-state index contributed by atoms with van der Waals surface area (Å²) in [5, 5.41) is 8.76. The molecule has 1 heterocycles. The molecule has 1 aliphatic heterocycles. The molecule has 0 bridgehead atoms. The predicted octanol–water partition coefficient (Wildman–Crippen LogP) is 0.972. The lowest BCUT2D eigenvalue weighted by molar-refractivity contribution is 0.211. The first kappa shape index (κ1) is 11.0. The van der Waals surface area contributed by atoms with Crippen LogP contribution >= 0.6 is 0 Å². The van der Waals surface area contributed by atoms with Gasteiger partial charge < -0.3 is 5.11 Å². The summed E-state index contributed by atoms with van der Waals surface area (Å²) < 4.78 is 23.3. The van der Waals surface area contributed by atoms with Gasteiger partial charge in [0.15, 0.2) is 9.84 Å². The monoisotopic (exact) mass is 206 g/mol. The first-order valence-electron chi connectivity index (χ1n) is 4.94. The maximum Gasteiger partial charge on any atom is 0.153 e. The van der Waals surface area contributed by atoms with E-state index in [1.807, 2.05) is 6.92 Å². The van der Waals surface area contributed by atoms with E-state index in [0.717, 1.165) is 25.7 Å². The molecule has 0 aromatic rings. The Kier molecular flexibility index (Phi) is 3.74. The van der Waals surface area contributed by atoms with Gasteiger partial charge in [0.05, 0.1) is 11.0 Å². The third-order valence-electron chi connectivity index (χ3n) is 2.91. The highest BCUT2D eigenvalue weighted by atomic mass is 32.2. The molecule has 4 heteroatoms. The Morgan fingerprint density at radius 3 is 2.62 bits per heavy atom. The first-order chi connectivity index (χ1) is 6.11. The van der Waals surface area contributed by atoms with Crippen molar-refractivity contribution in [1.29, 1.82) is 0 Å². The molecule has 3 nitrogen and oxygen atoms in total. The van der Waals surface area contributed by atoms with Crippen molar-refractivity contribution in [3.63, 3.8) is 0 Å². The van der Waals surface area contributed by atoms with Crippen LogP contribution in [0.1, 0.15) is 32.6 Å². The van der Waals surface area contributed by atoms with Gasteiger partial charge in [-0.25, -0.2) is 8.42 Å². The Balaban J connectivity index is 2.75. The minimum Gasteiger partial charge on any atom is -0.396 e. The van der Waals surface area contributed by atoms with Crippen LogP contribution in [0.2, 0.25) is 0 Å². The predicted molar refractivity (Wildman–Crippen MR) is 52.3 cm³/mol. The minimum absolute atomic E-state index is 0.000394. The van der Waals surface area contributed by atoms with Crippen LogP contribution in [0.25, 0.3) is 0 Å². The standard InChI is InChI=1S/C9H18O3S/c1-2-8(7-10)9-5-3-4-6-13(9,11)12/h8-10H,2-7H2,1H3. The van der Waals surface area contributed by atoms with E-state index < -0.39 is 9.84 Å². The summed E-state index contributed by atoms with van der Waals surface area (Å²) in [4.78, 5) is 0. The normalized spacial score (nSPS) is 29.8. The molecule has 0 saturated carbocycles. The molecule has 0 aromatic carbocycles. The lowest BCUT2D eigenvalue weighted by Gasteiger charge is -2.27. The quantitative estimate of drug-likeness (QED) is 0.748. The van der Waals surface area contributed by atoms with E-state index in [9.17, 15) is 8.42 Å². The van der Waals surface area contributed by atoms with Crippen LogP contribution < -0.4 is 0 Å². The maximum absolute atomic E-state index is 11.6. The molecule has 0 amide bonds. The zero-order valence-corrected chi connectivity index (χ0v) is 8.89. The van der Waals surface area contributed by atoms with E-state index in [-0.39, 0.29) is 17.8 Å². The number of rotatable bonds is 3. The SMILES string of the molecule is CCC(CO)C1CCCCS1(=O)=O. The topological polar surface area (TPSA) is 54.4 Å². The van der Waals surface area contributed by atoms with Gasteiger partial charge >= 0.3 is 0 Å². The molecular formula is C9H18O3S. The smallest absolute Gasteiger partial charge is 0.153 e. The summed E-state index contributed by atoms with van der Waals surface area (Å²) in [7, 11) is -2.91. The van der Waals surface area contributed by atoms with E-state index in [0.29, 0.717) is 5.75 Å². The molecule has 13 heavy (non-hydrogen) atoms. The molecule has 0 aromatic heterocycles. The van der Waals surface area contributed by atoms with Gasteiger partial charge in [-0.2, -0.15) is 0 Å². The summed E-state index contributed by atoms with van der Waals surface area (Å²) in [6, 6.07) is 0. The summed E-state index contributed by atoms with van der Waals surface area (Å²) >= 11 is 0. The van der Waals surface area contributed by atoms with Crippen LogP contribution in [0.4, 0.5) is 0 Å². The van der Waals surface area contributed by atoms with Crippen molar-refractivity contribution >= 4 is 9.84 Å². The molecule has 0 spiro atoms. The molecule has 1 saturated heterocycles. The van der Waals surface area contributed by atoms with Crippen molar-refractivity contribution < 1.29 is 13.5 Å². The first-order valence-corrected chi connectivity index (χ1v) is 6.65. The van der Waals surface area contributed by atoms with Gasteiger partial charge in [-0.05, 0) is 25.2 Å². The van der Waals surface area contributed by atoms with Crippen molar-refractivity contribution in [2.75, 3.05) is 12.4 Å². The van der Waals surface area contributed by atoms with E-state index in [4.69, 9.17) is 5.11 Å². The van der Waals surface area contributed by atoms with Gasteiger partial charge in [0.1, 0.15) is 0 Å². The molecule has 1 rings (SSSR count). The van der Waals surface area contributed by atoms with Crippen molar-refractivity contribution in [3.8, 4) is 0 Å². The highest BCUT2D eigenvalue weighted by Gasteiger charge is 2.33. The van der Waals surface area contributed by atoms with Crippen LogP contribution in [-0.4, -0.2) is 31.1 Å². The van der Waals surface area contributed by atoms with Crippen molar-refractivity contribution in [3.05, 3.63) is 0 Å². The van der Waals surface area contributed by atoms with E-state index in [1.165, 1.54) is 0 Å². The molecule has 78 valence electrons. The van der Waals surface area contributed by atoms with Gasteiger partial charge in [0, 0.05) is 6.61 Å². The maximum atomic E-state index is 11.6. The van der Waals surface area contributed by atoms with Crippen molar-refractivity contribution in [1.82, 2.24) is 0 Å². The van der Waals surface area contributed by atoms with E-state index >= 15 is 0 Å². The molecule has 2 unspecified atom stereocenters. The van der Waals surface area contributed by atoms with Crippen LogP contribution in [0.5, 0.6) is 0 Å². The van der Waals surface area contributed by atoms with E-state index in [2.05, 4.69) is 0 Å². The fourth-order valence-electron chi connectivity index (χ4n) is 2.02. The largest absolute Gasteiger partial charge is 0.396 e. The average Bonchev–Trinajstić information content (AvgIpc) is 2.09. The van der Waals surface area contributed by atoms with Crippen molar-refractivity contribution in [2.45, 2.75) is 37.9 Å². The van der Waals surface area contributed by atoms with Gasteiger partial charge in [0.2, 0.25) is 0 Å². The third kappa shape index (κ3) is 2.44. The Morgan fingerprint density at radius 2 is 2.15 bits per heavy atom. The second kappa shape index (κ2) is 4.42. The number of aliphatic hydroxyl groups is 1. The van der Waals surface area contributed by atoms with Gasteiger partial charge in [-0.15, -0.1) is 0 Å². The summed E-state index contributed by atoms with van der Waals surface area (Å²) in [5.41, 5.74) is 0. The molecule has 1 N–H and O–H groups in total. The van der Waals surface area contributed by atoms with E-state index in [1.54, 1.807) is 0 Å². The zero-order valence-electron chi connectivity index (χ0n) is 8.07. The van der Waals surface area contributed by atoms with Gasteiger partial charge in [-0.3, -0.25) is 0 Å². The lowest BCUT2D eigenvalue weighted by Crippen LogP contribution is -2.36. The lowest BCUT2D eigenvalue weighted by atomic mass is 9.98. The molecule has 1 fully saturated rings. The number of sulfone groups is 1. The van der Waals surface area contributed by atoms with Gasteiger partial charge in [-0.1, -0.05) is 13.3 Å². The molecule has 0 aliphatic carbocycles. The van der Waals surface area contributed by atoms with Gasteiger partial charge in [0.25, 0.3) is 0 Å². The Hall–Kier alpha value is -0.0900. The molecule has 2 atom stereocenters. The molecule has 0 radical (unpaired) electrons. The molecule has 1 aliphatic rings. The highest BCUT2D eigenvalue weighted by Crippen LogP contribution is 2.27. The number of hydrogen-bond acceptors (Lipinski definition) is 3. The Morgan fingerprint density at radius 1 is 1.46 bits per heavy atom. The second-order valence-electron chi connectivity index (χ2n) is 3.75. The number of hydrogen-bond donors (Lipinski definition) is 1. The van der Waals surface area contributed by atoms with Crippen LogP contribution in [0.3, 0.4) is 0 Å². The summed E-state index contributed by atoms with van der Waals surface area (Å²) in [6.07, 6.45) is 3.27. The Bertz CT molecular complexity index is 242. The average molecular weight is 206 g/mol. The summed E-state index contributed by atoms with van der Waals surface area (Å²) in [6.45, 7) is 1.94. The molecular weight excluding hydrogens is 188 g/mol. The zero-order chi connectivity index (χ0) is 9.90. The fourth-order valence-corrected chi connectivity index (χ4v) is 4.32. The highest BCUT2D eigenvalue weighted by molar-refractivity contribution is 7.92. The van der Waals surface area contributed by atoms with Crippen LogP contribution in [0, 0.1) is 5.92 Å².